The molecular weight excluding hydrogens is 276 g/mol. The summed E-state index contributed by atoms with van der Waals surface area (Å²) in [5.41, 5.74) is 2.37. The minimum Gasteiger partial charge on any atom is -0.240 e. The van der Waals surface area contributed by atoms with Crippen molar-refractivity contribution in [1.29, 1.82) is 0 Å². The molecular formula is C14H23BrN2. The van der Waals surface area contributed by atoms with Crippen molar-refractivity contribution in [3.8, 4) is 0 Å². The molecule has 0 N–H and O–H groups in total. The number of aromatic nitrogens is 2. The molecule has 0 amide bonds. The molecule has 0 saturated heterocycles. The van der Waals surface area contributed by atoms with Crippen molar-refractivity contribution in [2.24, 2.45) is 0 Å². The monoisotopic (exact) mass is 298 g/mol. The number of aryl methyl sites for hydroxylation is 1. The average Bonchev–Trinajstić information content (AvgIpc) is 2.33. The lowest BCUT2D eigenvalue weighted by molar-refractivity contribution is 0.385. The smallest absolute Gasteiger partial charge is 0.116 e. The van der Waals surface area contributed by atoms with Crippen LogP contribution in [-0.2, 0) is 5.41 Å². The van der Waals surface area contributed by atoms with Crippen molar-refractivity contribution in [2.75, 3.05) is 0 Å². The van der Waals surface area contributed by atoms with Gasteiger partial charge in [0.1, 0.15) is 6.33 Å². The van der Waals surface area contributed by atoms with Gasteiger partial charge in [-0.25, -0.2) is 9.97 Å². The van der Waals surface area contributed by atoms with Crippen LogP contribution < -0.4 is 0 Å². The first-order valence-corrected chi connectivity index (χ1v) is 7.32. The zero-order valence-electron chi connectivity index (χ0n) is 11.4. The second kappa shape index (κ2) is 6.48. The van der Waals surface area contributed by atoms with Crippen LogP contribution in [0.15, 0.2) is 10.8 Å². The van der Waals surface area contributed by atoms with Crippen molar-refractivity contribution in [3.63, 3.8) is 0 Å². The van der Waals surface area contributed by atoms with Crippen LogP contribution in [0, 0.1) is 6.92 Å². The quantitative estimate of drug-likeness (QED) is 0.705. The van der Waals surface area contributed by atoms with E-state index in [9.17, 15) is 0 Å². The summed E-state index contributed by atoms with van der Waals surface area (Å²) >= 11 is 3.64. The lowest BCUT2D eigenvalue weighted by atomic mass is 9.79. The summed E-state index contributed by atoms with van der Waals surface area (Å²) in [6.45, 7) is 8.83. The fraction of sp³-hybridized carbons (Fsp3) is 0.714. The Morgan fingerprint density at radius 1 is 1.24 bits per heavy atom. The molecule has 3 heteroatoms. The molecule has 1 atom stereocenters. The fourth-order valence-electron chi connectivity index (χ4n) is 2.11. The molecule has 96 valence electrons. The summed E-state index contributed by atoms with van der Waals surface area (Å²) in [5.74, 6) is 0. The van der Waals surface area contributed by atoms with Crippen LogP contribution in [0.4, 0.5) is 0 Å². The van der Waals surface area contributed by atoms with Crippen LogP contribution in [0.25, 0.3) is 0 Å². The van der Waals surface area contributed by atoms with Crippen LogP contribution in [0.5, 0.6) is 0 Å². The van der Waals surface area contributed by atoms with Crippen molar-refractivity contribution in [1.82, 2.24) is 9.97 Å². The first-order valence-electron chi connectivity index (χ1n) is 6.52. The van der Waals surface area contributed by atoms with Crippen LogP contribution in [0.1, 0.15) is 64.3 Å². The Kier molecular flexibility index (Phi) is 5.57. The Balaban J connectivity index is 2.95. The van der Waals surface area contributed by atoms with Gasteiger partial charge in [0.15, 0.2) is 0 Å². The Morgan fingerprint density at radius 2 is 1.94 bits per heavy atom. The van der Waals surface area contributed by atoms with Gasteiger partial charge in [-0.1, -0.05) is 40.0 Å². The Morgan fingerprint density at radius 3 is 2.53 bits per heavy atom. The van der Waals surface area contributed by atoms with Crippen LogP contribution in [-0.4, -0.2) is 9.97 Å². The van der Waals surface area contributed by atoms with Gasteiger partial charge in [-0.2, -0.15) is 0 Å². The minimum absolute atomic E-state index is 0.168. The van der Waals surface area contributed by atoms with E-state index in [0.717, 1.165) is 16.6 Å². The predicted molar refractivity (Wildman–Crippen MR) is 76.3 cm³/mol. The second-order valence-corrected chi connectivity index (χ2v) is 5.79. The van der Waals surface area contributed by atoms with Gasteiger partial charge in [-0.05, 0) is 35.7 Å². The highest BCUT2D eigenvalue weighted by atomic mass is 79.9. The standard InChI is InChI=1S/C14H23BrN2/c1-5-7-8-9-14(4,6-2)13-12(15)11(3)16-10-17-13/h10H,5-9H2,1-4H3. The zero-order valence-corrected chi connectivity index (χ0v) is 13.0. The van der Waals surface area contributed by atoms with Crippen molar-refractivity contribution in [3.05, 3.63) is 22.2 Å². The number of halogens is 1. The molecule has 0 radical (unpaired) electrons. The maximum Gasteiger partial charge on any atom is 0.116 e. The minimum atomic E-state index is 0.168. The van der Waals surface area contributed by atoms with Gasteiger partial charge in [0.05, 0.1) is 15.9 Å². The second-order valence-electron chi connectivity index (χ2n) is 4.99. The largest absolute Gasteiger partial charge is 0.240 e. The molecule has 0 spiro atoms. The van der Waals surface area contributed by atoms with E-state index >= 15 is 0 Å². The van der Waals surface area contributed by atoms with Crippen LogP contribution in [0.3, 0.4) is 0 Å². The topological polar surface area (TPSA) is 25.8 Å². The molecule has 0 aliphatic rings. The summed E-state index contributed by atoms with van der Waals surface area (Å²) in [7, 11) is 0. The van der Waals surface area contributed by atoms with E-state index < -0.39 is 0 Å². The van der Waals surface area contributed by atoms with Crippen molar-refractivity contribution < 1.29 is 0 Å². The molecule has 1 rings (SSSR count). The highest BCUT2D eigenvalue weighted by molar-refractivity contribution is 9.10. The van der Waals surface area contributed by atoms with E-state index in [1.165, 1.54) is 31.4 Å². The number of nitrogens with zero attached hydrogens (tertiary/aromatic N) is 2. The van der Waals surface area contributed by atoms with Gasteiger partial charge in [0.2, 0.25) is 0 Å². The summed E-state index contributed by atoms with van der Waals surface area (Å²) in [6.07, 6.45) is 7.85. The van der Waals surface area contributed by atoms with Crippen LogP contribution in [0.2, 0.25) is 0 Å². The molecule has 0 saturated carbocycles. The third-order valence-corrected chi connectivity index (χ3v) is 4.60. The summed E-state index contributed by atoms with van der Waals surface area (Å²) in [6, 6.07) is 0. The number of unbranched alkanes of at least 4 members (excludes halogenated alkanes) is 2. The highest BCUT2D eigenvalue weighted by Crippen LogP contribution is 2.36. The van der Waals surface area contributed by atoms with Crippen molar-refractivity contribution >= 4 is 15.9 Å². The lowest BCUT2D eigenvalue weighted by Crippen LogP contribution is -2.23. The molecule has 1 aromatic heterocycles. The van der Waals surface area contributed by atoms with E-state index in [1.54, 1.807) is 6.33 Å². The lowest BCUT2D eigenvalue weighted by Gasteiger charge is -2.29. The maximum absolute atomic E-state index is 4.50. The van der Waals surface area contributed by atoms with E-state index in [1.807, 2.05) is 6.92 Å². The van der Waals surface area contributed by atoms with E-state index in [-0.39, 0.29) is 5.41 Å². The predicted octanol–water partition coefficient (Wildman–Crippen LogP) is 4.80. The summed E-state index contributed by atoms with van der Waals surface area (Å²) in [5, 5.41) is 0. The maximum atomic E-state index is 4.50. The van der Waals surface area contributed by atoms with E-state index in [2.05, 4.69) is 46.7 Å². The highest BCUT2D eigenvalue weighted by Gasteiger charge is 2.28. The van der Waals surface area contributed by atoms with Gasteiger partial charge in [-0.3, -0.25) is 0 Å². The molecule has 0 aliphatic heterocycles. The molecule has 0 bridgehead atoms. The average molecular weight is 299 g/mol. The van der Waals surface area contributed by atoms with Crippen molar-refractivity contribution in [2.45, 2.75) is 65.2 Å². The zero-order chi connectivity index (χ0) is 12.9. The molecule has 1 unspecified atom stereocenters. The van der Waals surface area contributed by atoms with Gasteiger partial charge in [0.25, 0.3) is 0 Å². The Hall–Kier alpha value is -0.440. The van der Waals surface area contributed by atoms with Gasteiger partial charge in [0, 0.05) is 5.41 Å². The Bertz CT molecular complexity index is 365. The molecule has 2 nitrogen and oxygen atoms in total. The Labute approximate surface area is 113 Å². The molecule has 1 aromatic rings. The number of hydrogen-bond acceptors (Lipinski definition) is 2. The summed E-state index contributed by atoms with van der Waals surface area (Å²) in [4.78, 5) is 8.73. The third-order valence-electron chi connectivity index (χ3n) is 3.65. The summed E-state index contributed by atoms with van der Waals surface area (Å²) < 4.78 is 1.08. The van der Waals surface area contributed by atoms with E-state index in [4.69, 9.17) is 0 Å². The van der Waals surface area contributed by atoms with Gasteiger partial charge < -0.3 is 0 Å². The SMILES string of the molecule is CCCCCC(C)(CC)c1ncnc(C)c1Br. The first-order chi connectivity index (χ1) is 8.05. The number of rotatable bonds is 6. The van der Waals surface area contributed by atoms with Gasteiger partial charge in [-0.15, -0.1) is 0 Å². The molecule has 1 heterocycles. The molecule has 0 fully saturated rings. The molecule has 0 aromatic carbocycles. The van der Waals surface area contributed by atoms with Gasteiger partial charge >= 0.3 is 0 Å². The van der Waals surface area contributed by atoms with E-state index in [0.29, 0.717) is 0 Å². The first kappa shape index (κ1) is 14.6. The molecule has 0 aliphatic carbocycles. The van der Waals surface area contributed by atoms with Crippen LogP contribution >= 0.6 is 15.9 Å². The molecule has 17 heavy (non-hydrogen) atoms. The number of hydrogen-bond donors (Lipinski definition) is 0. The fourth-order valence-corrected chi connectivity index (χ4v) is 2.79. The normalized spacial score (nSPS) is 14.6. The third kappa shape index (κ3) is 3.51.